The molecule has 1 saturated carbocycles. The van der Waals surface area contributed by atoms with E-state index in [1.807, 2.05) is 22.8 Å². The predicted molar refractivity (Wildman–Crippen MR) is 105 cm³/mol. The summed E-state index contributed by atoms with van der Waals surface area (Å²) >= 11 is 0. The van der Waals surface area contributed by atoms with E-state index in [4.69, 9.17) is 19.9 Å². The van der Waals surface area contributed by atoms with Gasteiger partial charge in [0.1, 0.15) is 35.3 Å². The van der Waals surface area contributed by atoms with Gasteiger partial charge in [0.15, 0.2) is 17.7 Å². The van der Waals surface area contributed by atoms with Crippen molar-refractivity contribution >= 4 is 17.0 Å². The lowest BCUT2D eigenvalue weighted by molar-refractivity contribution is -0.224. The Labute approximate surface area is 168 Å². The minimum absolute atomic E-state index is 0.156. The van der Waals surface area contributed by atoms with E-state index in [-0.39, 0.29) is 24.0 Å². The van der Waals surface area contributed by atoms with E-state index in [1.54, 1.807) is 6.33 Å². The van der Waals surface area contributed by atoms with E-state index in [2.05, 4.69) is 34.0 Å². The highest BCUT2D eigenvalue weighted by Crippen LogP contribution is 2.66. The van der Waals surface area contributed by atoms with Crippen LogP contribution in [0.4, 0.5) is 5.82 Å². The van der Waals surface area contributed by atoms with Crippen molar-refractivity contribution in [3.05, 3.63) is 48.5 Å². The summed E-state index contributed by atoms with van der Waals surface area (Å²) in [5, 5.41) is 0. The zero-order chi connectivity index (χ0) is 19.6. The Kier molecular flexibility index (Phi) is 3.57. The molecule has 2 aromatic heterocycles. The van der Waals surface area contributed by atoms with Crippen LogP contribution in [0.2, 0.25) is 0 Å². The van der Waals surface area contributed by atoms with Gasteiger partial charge in [0, 0.05) is 0 Å². The number of nitrogen functional groups attached to an aromatic ring is 1. The summed E-state index contributed by atoms with van der Waals surface area (Å²) in [6, 6.07) is 10.2. The lowest BCUT2D eigenvalue weighted by Crippen LogP contribution is -2.49. The topological polar surface area (TPSA) is 97.3 Å². The molecule has 2 bridgehead atoms. The third-order valence-corrected chi connectivity index (χ3v) is 6.67. The number of fused-ring (bicyclic) bond motifs is 4. The lowest BCUT2D eigenvalue weighted by atomic mass is 9.87. The standard InChI is InChI=1S/C21H23N5O3/c1-2-21-16(27-10-13-6-4-3-5-7-13)15(28-20(21)8-9-20)19(29-21)26-12-25-14-17(22)23-11-24-18(14)26/h3-7,11-12,15-16,19H,2,8-10H2,1H3,(H2,22,23,24)/t15-,16?,19+,21+/m0/s1. The summed E-state index contributed by atoms with van der Waals surface area (Å²) < 4.78 is 21.7. The van der Waals surface area contributed by atoms with Crippen LogP contribution in [-0.2, 0) is 20.8 Å². The molecule has 4 atom stereocenters. The Morgan fingerprint density at radius 1 is 1.17 bits per heavy atom. The lowest BCUT2D eigenvalue weighted by Gasteiger charge is -2.38. The molecular weight excluding hydrogens is 370 g/mol. The SMILES string of the molecule is CC[C@]12O[C@@H](n3cnc4c(N)ncnc43)[C@@H](OC13CC3)C2OCc1ccccc1. The summed E-state index contributed by atoms with van der Waals surface area (Å²) in [5.41, 5.74) is 7.64. The Balaban J connectivity index is 1.37. The van der Waals surface area contributed by atoms with Gasteiger partial charge in [-0.1, -0.05) is 37.3 Å². The first-order valence-corrected chi connectivity index (χ1v) is 10.1. The fraction of sp³-hybridized carbons (Fsp3) is 0.476. The van der Waals surface area contributed by atoms with Crippen molar-refractivity contribution in [2.45, 2.75) is 62.4 Å². The first kappa shape index (κ1) is 17.3. The zero-order valence-corrected chi connectivity index (χ0v) is 16.2. The largest absolute Gasteiger partial charge is 0.382 e. The molecule has 4 heterocycles. The number of nitrogens with zero attached hydrogens (tertiary/aromatic N) is 4. The van der Waals surface area contributed by atoms with Crippen LogP contribution in [0, 0.1) is 0 Å². The van der Waals surface area contributed by atoms with Gasteiger partial charge in [-0.05, 0) is 24.8 Å². The second-order valence-electron chi connectivity index (χ2n) is 8.13. The second kappa shape index (κ2) is 5.98. The average molecular weight is 393 g/mol. The second-order valence-corrected chi connectivity index (χ2v) is 8.13. The van der Waals surface area contributed by atoms with Gasteiger partial charge in [0.25, 0.3) is 0 Å². The van der Waals surface area contributed by atoms with Gasteiger partial charge in [-0.15, -0.1) is 0 Å². The van der Waals surface area contributed by atoms with Crippen LogP contribution in [0.25, 0.3) is 11.2 Å². The number of anilines is 1. The monoisotopic (exact) mass is 393 g/mol. The fourth-order valence-corrected chi connectivity index (χ4v) is 5.13. The maximum atomic E-state index is 6.74. The smallest absolute Gasteiger partial charge is 0.167 e. The van der Waals surface area contributed by atoms with Crippen LogP contribution in [0.3, 0.4) is 0 Å². The highest BCUT2D eigenvalue weighted by Gasteiger charge is 2.78. The van der Waals surface area contributed by atoms with Crippen molar-refractivity contribution in [2.24, 2.45) is 0 Å². The van der Waals surface area contributed by atoms with Crippen molar-refractivity contribution in [3.63, 3.8) is 0 Å². The van der Waals surface area contributed by atoms with Crippen molar-refractivity contribution in [1.29, 1.82) is 0 Å². The summed E-state index contributed by atoms with van der Waals surface area (Å²) in [5.74, 6) is 0.360. The van der Waals surface area contributed by atoms with Gasteiger partial charge in [0.05, 0.1) is 12.9 Å². The first-order chi connectivity index (χ1) is 14.2. The van der Waals surface area contributed by atoms with E-state index in [0.29, 0.717) is 23.6 Å². The van der Waals surface area contributed by atoms with Crippen molar-refractivity contribution in [2.75, 3.05) is 5.73 Å². The number of imidazole rings is 1. The average Bonchev–Trinajstić information content (AvgIpc) is 3.17. The molecule has 3 fully saturated rings. The zero-order valence-electron chi connectivity index (χ0n) is 16.2. The highest BCUT2D eigenvalue weighted by atomic mass is 16.7. The molecule has 2 aliphatic heterocycles. The minimum Gasteiger partial charge on any atom is -0.382 e. The van der Waals surface area contributed by atoms with Gasteiger partial charge in [-0.25, -0.2) is 15.0 Å². The Morgan fingerprint density at radius 2 is 2.00 bits per heavy atom. The third-order valence-electron chi connectivity index (χ3n) is 6.67. The summed E-state index contributed by atoms with van der Waals surface area (Å²) in [6.45, 7) is 2.68. The van der Waals surface area contributed by atoms with E-state index in [0.717, 1.165) is 24.8 Å². The molecule has 3 aromatic rings. The van der Waals surface area contributed by atoms with Gasteiger partial charge in [-0.3, -0.25) is 4.57 Å². The fourth-order valence-electron chi connectivity index (χ4n) is 5.13. The molecule has 8 nitrogen and oxygen atoms in total. The third kappa shape index (κ3) is 2.27. The molecule has 2 N–H and O–H groups in total. The Bertz CT molecular complexity index is 1070. The van der Waals surface area contributed by atoms with Crippen LogP contribution in [-0.4, -0.2) is 42.9 Å². The molecule has 29 heavy (non-hydrogen) atoms. The number of hydrogen-bond donors (Lipinski definition) is 1. The molecule has 8 heteroatoms. The molecular formula is C21H23N5O3. The molecule has 3 aliphatic rings. The molecule has 1 spiro atoms. The highest BCUT2D eigenvalue weighted by molar-refractivity contribution is 5.81. The summed E-state index contributed by atoms with van der Waals surface area (Å²) in [7, 11) is 0. The Hall–Kier alpha value is -2.55. The molecule has 6 rings (SSSR count). The first-order valence-electron chi connectivity index (χ1n) is 10.1. The maximum Gasteiger partial charge on any atom is 0.167 e. The summed E-state index contributed by atoms with van der Waals surface area (Å²) in [6.07, 6.45) is 5.26. The summed E-state index contributed by atoms with van der Waals surface area (Å²) in [4.78, 5) is 12.8. The number of hydrogen-bond acceptors (Lipinski definition) is 7. The van der Waals surface area contributed by atoms with Crippen molar-refractivity contribution < 1.29 is 14.2 Å². The molecule has 2 saturated heterocycles. The number of ether oxygens (including phenoxy) is 3. The van der Waals surface area contributed by atoms with E-state index in [1.165, 1.54) is 6.33 Å². The van der Waals surface area contributed by atoms with Gasteiger partial charge < -0.3 is 19.9 Å². The predicted octanol–water partition coefficient (Wildman–Crippen LogP) is 2.60. The van der Waals surface area contributed by atoms with Crippen LogP contribution in [0.5, 0.6) is 0 Å². The number of benzene rings is 1. The normalized spacial score (nSPS) is 31.7. The van der Waals surface area contributed by atoms with Gasteiger partial charge in [0.2, 0.25) is 0 Å². The van der Waals surface area contributed by atoms with E-state index < -0.39 is 5.60 Å². The van der Waals surface area contributed by atoms with Crippen molar-refractivity contribution in [1.82, 2.24) is 19.5 Å². The number of aromatic nitrogens is 4. The van der Waals surface area contributed by atoms with Gasteiger partial charge in [-0.2, -0.15) is 0 Å². The van der Waals surface area contributed by atoms with Gasteiger partial charge >= 0.3 is 0 Å². The van der Waals surface area contributed by atoms with Crippen molar-refractivity contribution in [3.8, 4) is 0 Å². The quantitative estimate of drug-likeness (QED) is 0.711. The molecule has 1 aliphatic carbocycles. The number of nitrogens with two attached hydrogens (primary N) is 1. The number of rotatable bonds is 5. The minimum atomic E-state index is -0.466. The van der Waals surface area contributed by atoms with E-state index >= 15 is 0 Å². The molecule has 0 radical (unpaired) electrons. The van der Waals surface area contributed by atoms with Crippen LogP contribution < -0.4 is 5.73 Å². The molecule has 0 amide bonds. The molecule has 1 unspecified atom stereocenters. The Morgan fingerprint density at radius 3 is 2.76 bits per heavy atom. The molecule has 1 aromatic carbocycles. The van der Waals surface area contributed by atoms with Crippen LogP contribution >= 0.6 is 0 Å². The van der Waals surface area contributed by atoms with Crippen LogP contribution in [0.1, 0.15) is 38.0 Å². The maximum absolute atomic E-state index is 6.74. The van der Waals surface area contributed by atoms with E-state index in [9.17, 15) is 0 Å². The van der Waals surface area contributed by atoms with Crippen LogP contribution in [0.15, 0.2) is 43.0 Å². The molecule has 150 valence electrons.